The van der Waals surface area contributed by atoms with Crippen LogP contribution >= 0.6 is 11.3 Å². The number of amides is 2. The molecule has 0 spiro atoms. The smallest absolute Gasteiger partial charge is 0.257 e. The molecule has 1 aliphatic heterocycles. The Morgan fingerprint density at radius 1 is 1.19 bits per heavy atom. The van der Waals surface area contributed by atoms with Gasteiger partial charge in [-0.1, -0.05) is 18.2 Å². The van der Waals surface area contributed by atoms with Crippen molar-refractivity contribution >= 4 is 28.3 Å². The number of morpholine rings is 1. The van der Waals surface area contributed by atoms with E-state index in [2.05, 4.69) is 20.5 Å². The molecule has 1 saturated heterocycles. The first-order valence-electron chi connectivity index (χ1n) is 8.58. The number of nitrogens with zero attached hydrogens (tertiary/aromatic N) is 2. The third-order valence-electron chi connectivity index (χ3n) is 4.00. The number of aromatic nitrogens is 1. The van der Waals surface area contributed by atoms with E-state index in [4.69, 9.17) is 4.74 Å². The Kier molecular flexibility index (Phi) is 6.70. The van der Waals surface area contributed by atoms with Crippen LogP contribution in [0.5, 0.6) is 0 Å². The van der Waals surface area contributed by atoms with Crippen molar-refractivity contribution in [2.75, 3.05) is 44.7 Å². The van der Waals surface area contributed by atoms with E-state index in [0.717, 1.165) is 32.8 Å². The summed E-state index contributed by atoms with van der Waals surface area (Å²) in [5, 5.41) is 7.96. The molecule has 0 aliphatic carbocycles. The van der Waals surface area contributed by atoms with Gasteiger partial charge in [-0.05, 0) is 12.1 Å². The minimum atomic E-state index is -0.207. The quantitative estimate of drug-likeness (QED) is 0.765. The van der Waals surface area contributed by atoms with Crippen LogP contribution in [0.3, 0.4) is 0 Å². The van der Waals surface area contributed by atoms with Crippen LogP contribution in [0, 0.1) is 0 Å². The first-order chi connectivity index (χ1) is 12.7. The second kappa shape index (κ2) is 9.42. The van der Waals surface area contributed by atoms with Crippen LogP contribution in [0.15, 0.2) is 35.7 Å². The van der Waals surface area contributed by atoms with Crippen LogP contribution in [-0.4, -0.2) is 61.1 Å². The van der Waals surface area contributed by atoms with Gasteiger partial charge in [-0.15, -0.1) is 11.3 Å². The van der Waals surface area contributed by atoms with Crippen LogP contribution in [0.4, 0.5) is 5.13 Å². The summed E-state index contributed by atoms with van der Waals surface area (Å²) in [5.41, 5.74) is 1.23. The number of nitrogens with one attached hydrogen (secondary N) is 2. The van der Waals surface area contributed by atoms with Gasteiger partial charge in [-0.3, -0.25) is 19.8 Å². The van der Waals surface area contributed by atoms with E-state index < -0.39 is 0 Å². The number of anilines is 1. The molecule has 138 valence electrons. The van der Waals surface area contributed by atoms with E-state index in [9.17, 15) is 9.59 Å². The molecular formula is C18H22N4O3S. The fourth-order valence-corrected chi connectivity index (χ4v) is 3.31. The van der Waals surface area contributed by atoms with Crippen LogP contribution in [0.2, 0.25) is 0 Å². The lowest BCUT2D eigenvalue weighted by Gasteiger charge is -2.26. The lowest BCUT2D eigenvalue weighted by atomic mass is 10.2. The maximum absolute atomic E-state index is 12.1. The SMILES string of the molecule is O=C(Cc1csc(NC(=O)c2ccccc2)n1)NCCN1CCOCC1. The van der Waals surface area contributed by atoms with Crippen LogP contribution < -0.4 is 10.6 Å². The summed E-state index contributed by atoms with van der Waals surface area (Å²) in [4.78, 5) is 30.7. The molecule has 0 radical (unpaired) electrons. The van der Waals surface area contributed by atoms with Crippen molar-refractivity contribution in [3.05, 3.63) is 47.0 Å². The van der Waals surface area contributed by atoms with Gasteiger partial charge in [0.2, 0.25) is 5.91 Å². The maximum atomic E-state index is 12.1. The number of hydrogen-bond donors (Lipinski definition) is 2. The van der Waals surface area contributed by atoms with Gasteiger partial charge in [0.15, 0.2) is 5.13 Å². The molecule has 7 nitrogen and oxygen atoms in total. The third-order valence-corrected chi connectivity index (χ3v) is 4.81. The molecule has 1 aromatic heterocycles. The Hall–Kier alpha value is -2.29. The third kappa shape index (κ3) is 5.62. The Bertz CT molecular complexity index is 729. The van der Waals surface area contributed by atoms with Crippen LogP contribution in [0.1, 0.15) is 16.1 Å². The van der Waals surface area contributed by atoms with Crippen molar-refractivity contribution in [1.82, 2.24) is 15.2 Å². The highest BCUT2D eigenvalue weighted by atomic mass is 32.1. The number of hydrogen-bond acceptors (Lipinski definition) is 6. The van der Waals surface area contributed by atoms with Crippen molar-refractivity contribution in [2.45, 2.75) is 6.42 Å². The lowest BCUT2D eigenvalue weighted by Crippen LogP contribution is -2.41. The normalized spacial score (nSPS) is 14.8. The van der Waals surface area contributed by atoms with E-state index in [0.29, 0.717) is 22.9 Å². The predicted octanol–water partition coefficient (Wildman–Crippen LogP) is 1.39. The molecule has 26 heavy (non-hydrogen) atoms. The highest BCUT2D eigenvalue weighted by Crippen LogP contribution is 2.17. The predicted molar refractivity (Wildman–Crippen MR) is 100 cm³/mol. The molecule has 2 amide bonds. The molecule has 0 bridgehead atoms. The molecule has 1 aliphatic rings. The molecule has 2 aromatic rings. The first-order valence-corrected chi connectivity index (χ1v) is 9.46. The highest BCUT2D eigenvalue weighted by molar-refractivity contribution is 7.14. The summed E-state index contributed by atoms with van der Waals surface area (Å²) in [5.74, 6) is -0.272. The molecular weight excluding hydrogens is 352 g/mol. The number of carbonyl (C=O) groups is 2. The lowest BCUT2D eigenvalue weighted by molar-refractivity contribution is -0.120. The van der Waals surface area contributed by atoms with E-state index in [1.807, 2.05) is 18.2 Å². The van der Waals surface area contributed by atoms with E-state index in [-0.39, 0.29) is 18.2 Å². The van der Waals surface area contributed by atoms with Crippen LogP contribution in [-0.2, 0) is 16.0 Å². The summed E-state index contributed by atoms with van der Waals surface area (Å²) in [6.07, 6.45) is 0.209. The molecule has 1 aromatic carbocycles. The Balaban J connectivity index is 1.41. The topological polar surface area (TPSA) is 83.6 Å². The zero-order chi connectivity index (χ0) is 18.2. The van der Waals surface area contributed by atoms with Crippen molar-refractivity contribution in [3.8, 4) is 0 Å². The fraction of sp³-hybridized carbons (Fsp3) is 0.389. The Labute approximate surface area is 156 Å². The monoisotopic (exact) mass is 374 g/mol. The Morgan fingerprint density at radius 2 is 1.96 bits per heavy atom. The molecule has 2 heterocycles. The summed E-state index contributed by atoms with van der Waals surface area (Å²) < 4.78 is 5.30. The van der Waals surface area contributed by atoms with Gasteiger partial charge in [0.25, 0.3) is 5.91 Å². The van der Waals surface area contributed by atoms with Crippen molar-refractivity contribution in [1.29, 1.82) is 0 Å². The molecule has 3 rings (SSSR count). The minimum Gasteiger partial charge on any atom is -0.379 e. The second-order valence-corrected chi connectivity index (χ2v) is 6.80. The van der Waals surface area contributed by atoms with E-state index >= 15 is 0 Å². The summed E-state index contributed by atoms with van der Waals surface area (Å²) in [7, 11) is 0. The average Bonchev–Trinajstić information content (AvgIpc) is 3.10. The summed E-state index contributed by atoms with van der Waals surface area (Å²) in [6, 6.07) is 8.96. The number of rotatable bonds is 7. The van der Waals surface area contributed by atoms with Gasteiger partial charge in [0.05, 0.1) is 25.3 Å². The zero-order valence-electron chi connectivity index (χ0n) is 14.4. The van der Waals surface area contributed by atoms with E-state index in [1.165, 1.54) is 11.3 Å². The fourth-order valence-electron chi connectivity index (χ4n) is 2.61. The molecule has 1 fully saturated rings. The van der Waals surface area contributed by atoms with Gasteiger partial charge < -0.3 is 10.1 Å². The van der Waals surface area contributed by atoms with Crippen molar-refractivity contribution < 1.29 is 14.3 Å². The standard InChI is InChI=1S/C18H22N4O3S/c23-16(19-6-7-22-8-10-25-11-9-22)12-15-13-26-18(20-15)21-17(24)14-4-2-1-3-5-14/h1-5,13H,6-12H2,(H,19,23)(H,20,21,24). The van der Waals surface area contributed by atoms with Gasteiger partial charge in [-0.25, -0.2) is 4.98 Å². The first kappa shape index (κ1) is 18.5. The molecule has 2 N–H and O–H groups in total. The van der Waals surface area contributed by atoms with E-state index in [1.54, 1.807) is 17.5 Å². The van der Waals surface area contributed by atoms with Gasteiger partial charge >= 0.3 is 0 Å². The largest absolute Gasteiger partial charge is 0.379 e. The molecule has 0 unspecified atom stereocenters. The summed E-state index contributed by atoms with van der Waals surface area (Å²) >= 11 is 1.32. The zero-order valence-corrected chi connectivity index (χ0v) is 15.3. The van der Waals surface area contributed by atoms with Crippen molar-refractivity contribution in [3.63, 3.8) is 0 Å². The maximum Gasteiger partial charge on any atom is 0.257 e. The summed E-state index contributed by atoms with van der Waals surface area (Å²) in [6.45, 7) is 4.76. The number of carbonyl (C=O) groups excluding carboxylic acids is 2. The van der Waals surface area contributed by atoms with Crippen LogP contribution in [0.25, 0.3) is 0 Å². The average molecular weight is 374 g/mol. The van der Waals surface area contributed by atoms with Gasteiger partial charge in [0.1, 0.15) is 0 Å². The van der Waals surface area contributed by atoms with Gasteiger partial charge in [-0.2, -0.15) is 0 Å². The molecule has 0 saturated carbocycles. The highest BCUT2D eigenvalue weighted by Gasteiger charge is 2.12. The number of thiazole rings is 1. The molecule has 8 heteroatoms. The minimum absolute atomic E-state index is 0.0653. The number of ether oxygens (including phenoxy) is 1. The second-order valence-electron chi connectivity index (χ2n) is 5.94. The molecule has 0 atom stereocenters. The van der Waals surface area contributed by atoms with Gasteiger partial charge in [0, 0.05) is 37.1 Å². The Morgan fingerprint density at radius 3 is 2.73 bits per heavy atom. The number of benzene rings is 1. The van der Waals surface area contributed by atoms with Crippen molar-refractivity contribution in [2.24, 2.45) is 0 Å².